The van der Waals surface area contributed by atoms with Crippen LogP contribution in [-0.2, 0) is 6.42 Å². The Hall–Kier alpha value is -2.80. The van der Waals surface area contributed by atoms with E-state index in [1.165, 1.54) is 36.7 Å². The lowest BCUT2D eigenvalue weighted by Gasteiger charge is -2.16. The number of benzene rings is 2. The van der Waals surface area contributed by atoms with Crippen LogP contribution in [-0.4, -0.2) is 29.0 Å². The Morgan fingerprint density at radius 1 is 1.19 bits per heavy atom. The number of aryl methyl sites for hydroxylation is 1. The van der Waals surface area contributed by atoms with Gasteiger partial charge in [0.25, 0.3) is 5.56 Å². The Labute approximate surface area is 191 Å². The number of ether oxygens (including phenoxy) is 2. The van der Waals surface area contributed by atoms with Gasteiger partial charge in [0.1, 0.15) is 5.82 Å². The summed E-state index contributed by atoms with van der Waals surface area (Å²) in [5.41, 5.74) is 1.53. The largest absolute Gasteiger partial charge is 0.493 e. The van der Waals surface area contributed by atoms with Crippen LogP contribution in [0.3, 0.4) is 0 Å². The van der Waals surface area contributed by atoms with Gasteiger partial charge in [-0.05, 0) is 60.9 Å². The standard InChI is InChI=1S/C25H27FN2O3S/c1-17(19-5-6-19)16-31-22-10-9-21(15-23(22)30-2)28-13-12-27-24(25(28)29)32-14-11-18-3-7-20(26)8-4-18/h3-4,7-10,12-13,15,17,19H,5-6,11,14,16H2,1-2H3. The highest BCUT2D eigenvalue weighted by Gasteiger charge is 2.28. The minimum absolute atomic E-state index is 0.185. The summed E-state index contributed by atoms with van der Waals surface area (Å²) in [5, 5.41) is 0.423. The van der Waals surface area contributed by atoms with Crippen molar-refractivity contribution in [1.29, 1.82) is 0 Å². The van der Waals surface area contributed by atoms with Gasteiger partial charge < -0.3 is 9.47 Å². The van der Waals surface area contributed by atoms with Crippen LogP contribution in [0.1, 0.15) is 25.3 Å². The first-order valence-electron chi connectivity index (χ1n) is 10.8. The van der Waals surface area contributed by atoms with Gasteiger partial charge in [-0.3, -0.25) is 9.36 Å². The first-order valence-corrected chi connectivity index (χ1v) is 11.8. The van der Waals surface area contributed by atoms with Crippen molar-refractivity contribution in [3.63, 3.8) is 0 Å². The molecule has 1 saturated carbocycles. The minimum Gasteiger partial charge on any atom is -0.493 e. The molecule has 0 bridgehead atoms. The molecule has 1 aliphatic carbocycles. The Bertz CT molecular complexity index is 1110. The van der Waals surface area contributed by atoms with Crippen molar-refractivity contribution < 1.29 is 13.9 Å². The fourth-order valence-corrected chi connectivity index (χ4v) is 4.45. The third-order valence-corrected chi connectivity index (χ3v) is 6.67. The molecule has 1 aromatic heterocycles. The van der Waals surface area contributed by atoms with Gasteiger partial charge in [0, 0.05) is 24.2 Å². The van der Waals surface area contributed by atoms with Crippen molar-refractivity contribution in [2.24, 2.45) is 11.8 Å². The predicted octanol–water partition coefficient (Wildman–Crippen LogP) is 5.14. The van der Waals surface area contributed by atoms with Crippen LogP contribution in [0.4, 0.5) is 4.39 Å². The van der Waals surface area contributed by atoms with E-state index in [4.69, 9.17) is 9.47 Å². The fraction of sp³-hybridized carbons (Fsp3) is 0.360. The number of methoxy groups -OCH3 is 1. The molecular formula is C25H27FN2O3S. The molecule has 0 radical (unpaired) electrons. The van der Waals surface area contributed by atoms with Crippen LogP contribution >= 0.6 is 11.8 Å². The van der Waals surface area contributed by atoms with Crippen LogP contribution in [0.2, 0.25) is 0 Å². The average Bonchev–Trinajstić information content (AvgIpc) is 3.65. The summed E-state index contributed by atoms with van der Waals surface area (Å²) in [6.45, 7) is 2.87. The summed E-state index contributed by atoms with van der Waals surface area (Å²) in [4.78, 5) is 17.3. The van der Waals surface area contributed by atoms with Gasteiger partial charge in [0.15, 0.2) is 16.5 Å². The zero-order valence-corrected chi connectivity index (χ0v) is 19.1. The molecule has 3 aromatic rings. The number of rotatable bonds is 10. The van der Waals surface area contributed by atoms with E-state index in [9.17, 15) is 9.18 Å². The normalized spacial score (nSPS) is 14.2. The molecule has 0 aliphatic heterocycles. The first kappa shape index (κ1) is 22.4. The van der Waals surface area contributed by atoms with Gasteiger partial charge in [-0.15, -0.1) is 11.8 Å². The van der Waals surface area contributed by atoms with E-state index in [0.29, 0.717) is 40.5 Å². The van der Waals surface area contributed by atoms with E-state index in [1.54, 1.807) is 36.2 Å². The smallest absolute Gasteiger partial charge is 0.287 e. The highest BCUT2D eigenvalue weighted by Crippen LogP contribution is 2.37. The van der Waals surface area contributed by atoms with Gasteiger partial charge in [-0.1, -0.05) is 19.1 Å². The number of nitrogens with zero attached hydrogens (tertiary/aromatic N) is 2. The van der Waals surface area contributed by atoms with Crippen molar-refractivity contribution in [3.8, 4) is 17.2 Å². The molecule has 168 valence electrons. The molecule has 0 saturated heterocycles. The molecule has 1 unspecified atom stereocenters. The molecule has 1 fully saturated rings. The van der Waals surface area contributed by atoms with E-state index >= 15 is 0 Å². The molecule has 2 aromatic carbocycles. The molecular weight excluding hydrogens is 427 g/mol. The molecule has 7 heteroatoms. The number of thioether (sulfide) groups is 1. The second kappa shape index (κ2) is 10.2. The monoisotopic (exact) mass is 454 g/mol. The highest BCUT2D eigenvalue weighted by molar-refractivity contribution is 7.99. The van der Waals surface area contributed by atoms with Crippen molar-refractivity contribution in [1.82, 2.24) is 9.55 Å². The zero-order chi connectivity index (χ0) is 22.5. The summed E-state index contributed by atoms with van der Waals surface area (Å²) in [5.74, 6) is 3.00. The second-order valence-corrected chi connectivity index (χ2v) is 9.18. The van der Waals surface area contributed by atoms with E-state index in [0.717, 1.165) is 17.9 Å². The number of hydrogen-bond donors (Lipinski definition) is 0. The second-order valence-electron chi connectivity index (χ2n) is 8.09. The molecule has 5 nitrogen and oxygen atoms in total. The van der Waals surface area contributed by atoms with Crippen molar-refractivity contribution in [2.45, 2.75) is 31.2 Å². The topological polar surface area (TPSA) is 53.4 Å². The third kappa shape index (κ3) is 5.51. The third-order valence-electron chi connectivity index (χ3n) is 5.71. The Kier molecular flexibility index (Phi) is 7.15. The van der Waals surface area contributed by atoms with Crippen molar-refractivity contribution in [2.75, 3.05) is 19.5 Å². The average molecular weight is 455 g/mol. The van der Waals surface area contributed by atoms with Gasteiger partial charge in [-0.2, -0.15) is 0 Å². The van der Waals surface area contributed by atoms with Gasteiger partial charge in [-0.25, -0.2) is 9.37 Å². The minimum atomic E-state index is -0.252. The predicted molar refractivity (Wildman–Crippen MR) is 125 cm³/mol. The molecule has 4 rings (SSSR count). The van der Waals surface area contributed by atoms with Crippen LogP contribution in [0.25, 0.3) is 5.69 Å². The van der Waals surface area contributed by atoms with E-state index in [-0.39, 0.29) is 11.4 Å². The van der Waals surface area contributed by atoms with Crippen LogP contribution in [0.5, 0.6) is 11.5 Å². The SMILES string of the molecule is COc1cc(-n2ccnc(SCCc3ccc(F)cc3)c2=O)ccc1OCC(C)C1CC1. The van der Waals surface area contributed by atoms with Crippen LogP contribution in [0, 0.1) is 17.7 Å². The Morgan fingerprint density at radius 3 is 2.69 bits per heavy atom. The van der Waals surface area contributed by atoms with E-state index in [2.05, 4.69) is 11.9 Å². The molecule has 0 spiro atoms. The Morgan fingerprint density at radius 2 is 1.97 bits per heavy atom. The zero-order valence-electron chi connectivity index (χ0n) is 18.3. The maximum Gasteiger partial charge on any atom is 0.287 e. The fourth-order valence-electron chi connectivity index (χ4n) is 3.56. The molecule has 32 heavy (non-hydrogen) atoms. The highest BCUT2D eigenvalue weighted by atomic mass is 32.2. The summed E-state index contributed by atoms with van der Waals surface area (Å²) >= 11 is 1.39. The first-order chi connectivity index (χ1) is 15.5. The van der Waals surface area contributed by atoms with Crippen LogP contribution < -0.4 is 15.0 Å². The quantitative estimate of drug-likeness (QED) is 0.397. The van der Waals surface area contributed by atoms with Crippen molar-refractivity contribution in [3.05, 3.63) is 76.6 Å². The summed E-state index contributed by atoms with van der Waals surface area (Å²) in [7, 11) is 1.60. The summed E-state index contributed by atoms with van der Waals surface area (Å²) in [6.07, 6.45) is 6.57. The number of aromatic nitrogens is 2. The van der Waals surface area contributed by atoms with E-state index < -0.39 is 0 Å². The van der Waals surface area contributed by atoms with Crippen LogP contribution in [0.15, 0.2) is 64.7 Å². The lowest BCUT2D eigenvalue weighted by Crippen LogP contribution is -2.20. The summed E-state index contributed by atoms with van der Waals surface area (Å²) < 4.78 is 26.1. The number of hydrogen-bond acceptors (Lipinski definition) is 5. The lowest BCUT2D eigenvalue weighted by atomic mass is 10.1. The molecule has 1 aliphatic rings. The molecule has 0 amide bonds. The maximum atomic E-state index is 13.0. The maximum absolute atomic E-state index is 13.0. The van der Waals surface area contributed by atoms with E-state index in [1.807, 2.05) is 18.2 Å². The molecule has 0 N–H and O–H groups in total. The summed E-state index contributed by atoms with van der Waals surface area (Å²) in [6, 6.07) is 11.9. The van der Waals surface area contributed by atoms with Gasteiger partial charge >= 0.3 is 0 Å². The van der Waals surface area contributed by atoms with Gasteiger partial charge in [0.05, 0.1) is 19.4 Å². The molecule has 1 heterocycles. The van der Waals surface area contributed by atoms with Gasteiger partial charge in [0.2, 0.25) is 0 Å². The van der Waals surface area contributed by atoms with Crippen molar-refractivity contribution >= 4 is 11.8 Å². The Balaban J connectivity index is 1.45. The number of halogens is 1. The molecule has 1 atom stereocenters. The lowest BCUT2D eigenvalue weighted by molar-refractivity contribution is 0.234.